The first kappa shape index (κ1) is 44.3. The average molecular weight is 869 g/mol. The van der Waals surface area contributed by atoms with Gasteiger partial charge in [-0.05, 0) is 58.4 Å². The van der Waals surface area contributed by atoms with Crippen LogP contribution < -0.4 is 14.6 Å². The normalized spacial score (nSPS) is 14.0. The molecule has 1 aliphatic heterocycles. The van der Waals surface area contributed by atoms with Gasteiger partial charge in [-0.2, -0.15) is 0 Å². The minimum absolute atomic E-state index is 0.0210. The minimum Gasteiger partial charge on any atom is -0.485 e. The highest BCUT2D eigenvalue weighted by Crippen LogP contribution is 2.53. The topological polar surface area (TPSA) is 139 Å². The van der Waals surface area contributed by atoms with Gasteiger partial charge in [0.2, 0.25) is 5.91 Å². The number of likely N-dealkylation sites (tertiary alicyclic amines) is 1. The van der Waals surface area contributed by atoms with Gasteiger partial charge in [0, 0.05) is 13.0 Å². The summed E-state index contributed by atoms with van der Waals surface area (Å²) in [5.74, 6) is -0.932. The van der Waals surface area contributed by atoms with Gasteiger partial charge in [0.05, 0.1) is 13.2 Å². The molecule has 7 rings (SSSR count). The largest absolute Gasteiger partial charge is 0.530 e. The second-order valence-corrected chi connectivity index (χ2v) is 16.5. The van der Waals surface area contributed by atoms with Crippen LogP contribution in [-0.4, -0.2) is 41.5 Å². The fraction of sp³-hybridized carbons (Fsp3) is 0.220. The maximum Gasteiger partial charge on any atom is 0.530 e. The van der Waals surface area contributed by atoms with E-state index in [1.54, 1.807) is 18.2 Å². The van der Waals surface area contributed by atoms with E-state index in [-0.39, 0.29) is 51.0 Å². The lowest BCUT2D eigenvalue weighted by Gasteiger charge is -2.26. The van der Waals surface area contributed by atoms with E-state index in [4.69, 9.17) is 27.8 Å². The monoisotopic (exact) mass is 868 g/mol. The molecule has 0 unspecified atom stereocenters. The number of hydrogen-bond acceptors (Lipinski definition) is 10. The Hall–Kier alpha value is -6.72. The van der Waals surface area contributed by atoms with Crippen molar-refractivity contribution in [1.29, 1.82) is 0 Å². The van der Waals surface area contributed by atoms with Crippen molar-refractivity contribution in [2.75, 3.05) is 6.54 Å². The van der Waals surface area contributed by atoms with Gasteiger partial charge in [-0.3, -0.25) is 18.7 Å². The summed E-state index contributed by atoms with van der Waals surface area (Å²) in [6, 6.07) is 49.3. The zero-order chi connectivity index (χ0) is 43.7. The lowest BCUT2D eigenvalue weighted by molar-refractivity contribution is -0.149. The van der Waals surface area contributed by atoms with Gasteiger partial charge in [-0.15, -0.1) is 0 Å². The number of phosphoric ester groups is 1. The Balaban J connectivity index is 1.13. The molecule has 63 heavy (non-hydrogen) atoms. The Labute approximate surface area is 367 Å². The van der Waals surface area contributed by atoms with Crippen molar-refractivity contribution < 1.29 is 46.7 Å². The molecule has 1 N–H and O–H groups in total. The molecule has 0 aliphatic carbocycles. The first-order valence-electron chi connectivity index (χ1n) is 20.7. The predicted molar refractivity (Wildman–Crippen MR) is 236 cm³/mol. The highest BCUT2D eigenvalue weighted by Gasteiger charge is 2.37. The van der Waals surface area contributed by atoms with Gasteiger partial charge in [0.1, 0.15) is 31.9 Å². The van der Waals surface area contributed by atoms with Crippen LogP contribution in [0.25, 0.3) is 0 Å². The summed E-state index contributed by atoms with van der Waals surface area (Å²) in [6.07, 6.45) is 0.326. The maximum atomic E-state index is 14.5. The molecule has 1 aliphatic rings. The van der Waals surface area contributed by atoms with Crippen molar-refractivity contribution >= 4 is 25.8 Å². The fourth-order valence-corrected chi connectivity index (χ4v) is 8.04. The van der Waals surface area contributed by atoms with E-state index in [0.717, 1.165) is 27.8 Å². The SMILES string of the molecule is O=C(OCc1ccccc1)[C@H](Cc1ccc(OP(=O)(OCc2ccccc2)OCc2ccccc2)c(OCc2ccccc2)c1)NC(=O)[C@@H]1CCCN1C(=O)OCc1ccccc1. The van der Waals surface area contributed by atoms with Crippen LogP contribution in [0.2, 0.25) is 0 Å². The zero-order valence-corrected chi connectivity index (χ0v) is 35.6. The molecule has 0 saturated carbocycles. The molecule has 13 heteroatoms. The molecule has 324 valence electrons. The number of nitrogens with one attached hydrogen (secondary N) is 1. The molecular formula is C50H49N2O10P. The number of rotatable bonds is 20. The molecule has 1 fully saturated rings. The summed E-state index contributed by atoms with van der Waals surface area (Å²) in [6.45, 7) is 0.375. The third-order valence-corrected chi connectivity index (χ3v) is 11.5. The Morgan fingerprint density at radius 1 is 0.571 bits per heavy atom. The standard InChI is InChI=1S/C50H49N2O10P/c53-48(45-27-16-30-52(45)50(55)59-35-40-21-10-3-11-22-40)51-44(49(54)58-34-39-19-8-2-9-20-39)31-43-28-29-46(47(32-43)57-33-38-17-6-1-7-18-38)62-63(56,60-36-41-23-12-4-13-24-41)61-37-42-25-14-5-15-26-42/h1-15,17-26,28-29,32,44-45H,16,27,30-31,33-37H2,(H,51,53)/t44-,45-/m0/s1. The van der Waals surface area contributed by atoms with Crippen LogP contribution in [0.1, 0.15) is 46.2 Å². The molecule has 2 atom stereocenters. The minimum atomic E-state index is -4.31. The number of nitrogens with zero attached hydrogens (tertiary/aromatic N) is 1. The summed E-state index contributed by atoms with van der Waals surface area (Å²) in [5.41, 5.74) is 4.53. The number of amides is 2. The second-order valence-electron chi connectivity index (χ2n) is 14.9. The molecule has 6 aromatic carbocycles. The van der Waals surface area contributed by atoms with Gasteiger partial charge in [0.25, 0.3) is 0 Å². The van der Waals surface area contributed by atoms with Crippen LogP contribution in [-0.2, 0) is 72.1 Å². The number of esters is 1. The van der Waals surface area contributed by atoms with Crippen molar-refractivity contribution in [3.05, 3.63) is 203 Å². The Morgan fingerprint density at radius 3 is 1.57 bits per heavy atom. The average Bonchev–Trinajstić information content (AvgIpc) is 3.84. The Bertz CT molecular complexity index is 2380. The van der Waals surface area contributed by atoms with Gasteiger partial charge in [-0.25, -0.2) is 14.2 Å². The Morgan fingerprint density at radius 2 is 1.05 bits per heavy atom. The summed E-state index contributed by atoms with van der Waals surface area (Å²) < 4.78 is 50.1. The lowest BCUT2D eigenvalue weighted by atomic mass is 10.0. The van der Waals surface area contributed by atoms with E-state index in [1.165, 1.54) is 4.90 Å². The zero-order valence-electron chi connectivity index (χ0n) is 34.7. The molecule has 2 amide bonds. The highest BCUT2D eigenvalue weighted by molar-refractivity contribution is 7.48. The van der Waals surface area contributed by atoms with Crippen LogP contribution in [0.4, 0.5) is 4.79 Å². The number of ether oxygens (including phenoxy) is 3. The van der Waals surface area contributed by atoms with E-state index in [2.05, 4.69) is 5.32 Å². The second kappa shape index (κ2) is 22.4. The third-order valence-electron chi connectivity index (χ3n) is 10.2. The molecule has 1 heterocycles. The molecule has 0 spiro atoms. The number of phosphoric acid groups is 1. The predicted octanol–water partition coefficient (Wildman–Crippen LogP) is 9.76. The van der Waals surface area contributed by atoms with Crippen molar-refractivity contribution in [2.45, 2.75) is 64.4 Å². The number of benzene rings is 6. The third kappa shape index (κ3) is 13.4. The summed E-state index contributed by atoms with van der Waals surface area (Å²) >= 11 is 0. The van der Waals surface area contributed by atoms with Crippen LogP contribution in [0, 0.1) is 0 Å². The molecule has 0 bridgehead atoms. The summed E-state index contributed by atoms with van der Waals surface area (Å²) in [5, 5.41) is 2.88. The quantitative estimate of drug-likeness (QED) is 0.0583. The number of hydrogen-bond donors (Lipinski definition) is 1. The van der Waals surface area contributed by atoms with Gasteiger partial charge >= 0.3 is 19.9 Å². The first-order chi connectivity index (χ1) is 30.8. The van der Waals surface area contributed by atoms with E-state index >= 15 is 0 Å². The number of carbonyl (C=O) groups excluding carboxylic acids is 3. The van der Waals surface area contributed by atoms with Crippen molar-refractivity contribution in [1.82, 2.24) is 10.2 Å². The van der Waals surface area contributed by atoms with Gasteiger partial charge in [-0.1, -0.05) is 158 Å². The van der Waals surface area contributed by atoms with Crippen LogP contribution in [0.15, 0.2) is 170 Å². The molecule has 1 saturated heterocycles. The maximum absolute atomic E-state index is 14.5. The smallest absolute Gasteiger partial charge is 0.485 e. The molecule has 0 radical (unpaired) electrons. The van der Waals surface area contributed by atoms with Gasteiger partial charge in [0.15, 0.2) is 11.5 Å². The molecule has 0 aromatic heterocycles. The van der Waals surface area contributed by atoms with E-state index < -0.39 is 37.9 Å². The van der Waals surface area contributed by atoms with E-state index in [0.29, 0.717) is 24.9 Å². The summed E-state index contributed by atoms with van der Waals surface area (Å²) in [7, 11) is -4.31. The van der Waals surface area contributed by atoms with Crippen molar-refractivity contribution in [2.24, 2.45) is 0 Å². The Kier molecular flexibility index (Phi) is 15.8. The van der Waals surface area contributed by atoms with E-state index in [9.17, 15) is 18.9 Å². The molecule has 12 nitrogen and oxygen atoms in total. The van der Waals surface area contributed by atoms with Crippen LogP contribution in [0.3, 0.4) is 0 Å². The molecular weight excluding hydrogens is 820 g/mol. The first-order valence-corrected chi connectivity index (χ1v) is 22.2. The number of carbonyl (C=O) groups is 3. The van der Waals surface area contributed by atoms with Crippen molar-refractivity contribution in [3.8, 4) is 11.5 Å². The highest BCUT2D eigenvalue weighted by atomic mass is 31.2. The van der Waals surface area contributed by atoms with Crippen LogP contribution >= 0.6 is 7.82 Å². The fourth-order valence-electron chi connectivity index (χ4n) is 6.86. The van der Waals surface area contributed by atoms with Gasteiger partial charge < -0.3 is 24.1 Å². The summed E-state index contributed by atoms with van der Waals surface area (Å²) in [4.78, 5) is 42.5. The van der Waals surface area contributed by atoms with Crippen molar-refractivity contribution in [3.63, 3.8) is 0 Å². The molecule has 6 aromatic rings. The van der Waals surface area contributed by atoms with E-state index in [1.807, 2.05) is 152 Å². The lowest BCUT2D eigenvalue weighted by Crippen LogP contribution is -2.52. The van der Waals surface area contributed by atoms with Crippen LogP contribution in [0.5, 0.6) is 11.5 Å².